The lowest BCUT2D eigenvalue weighted by atomic mass is 10.1. The first-order chi connectivity index (χ1) is 12.5. The summed E-state index contributed by atoms with van der Waals surface area (Å²) in [5.41, 5.74) is -0.0687. The maximum absolute atomic E-state index is 13.7. The number of ether oxygens (including phenoxy) is 1. The lowest BCUT2D eigenvalue weighted by molar-refractivity contribution is -0.275. The Bertz CT molecular complexity index is 814. The monoisotopic (exact) mass is 411 g/mol. The molecular weight excluding hydrogens is 394 g/mol. The van der Waals surface area contributed by atoms with Crippen LogP contribution in [-0.4, -0.2) is 44.8 Å². The topological polar surface area (TPSA) is 87.7 Å². The number of piperidine rings is 1. The van der Waals surface area contributed by atoms with Gasteiger partial charge in [-0.15, -0.1) is 13.2 Å². The first-order valence-electron chi connectivity index (χ1n) is 7.75. The van der Waals surface area contributed by atoms with E-state index in [0.717, 1.165) is 17.5 Å². The normalized spacial score (nSPS) is 18.1. The predicted molar refractivity (Wildman–Crippen MR) is 88.9 cm³/mol. The second kappa shape index (κ2) is 8.13. The summed E-state index contributed by atoms with van der Waals surface area (Å²) in [5, 5.41) is 3.12. The van der Waals surface area contributed by atoms with Crippen molar-refractivity contribution in [1.29, 1.82) is 0 Å². The van der Waals surface area contributed by atoms with Crippen LogP contribution in [0, 0.1) is 5.82 Å². The Hall–Kier alpha value is -2.34. The molecule has 150 valence electrons. The van der Waals surface area contributed by atoms with Gasteiger partial charge in [0, 0.05) is 36.3 Å². The molecule has 1 heterocycles. The predicted octanol–water partition coefficient (Wildman–Crippen LogP) is 2.78. The molecule has 0 aliphatic carbocycles. The zero-order valence-electron chi connectivity index (χ0n) is 13.9. The minimum atomic E-state index is -5.03. The van der Waals surface area contributed by atoms with Gasteiger partial charge in [-0.05, 0) is 25.0 Å². The van der Waals surface area contributed by atoms with E-state index in [4.69, 9.17) is 0 Å². The van der Waals surface area contributed by atoms with Gasteiger partial charge in [0.1, 0.15) is 0 Å². The number of alkyl halides is 3. The van der Waals surface area contributed by atoms with E-state index in [9.17, 15) is 30.8 Å². The summed E-state index contributed by atoms with van der Waals surface area (Å²) in [5.74, 6) is -2.31. The van der Waals surface area contributed by atoms with Gasteiger partial charge in [-0.3, -0.25) is 0 Å². The smallest absolute Gasteiger partial charge is 0.403 e. The first-order valence-corrected chi connectivity index (χ1v) is 9.30. The molecule has 0 aromatic heterocycles. The molecule has 1 unspecified atom stereocenters. The number of likely N-dealkylation sites (tertiary alicyclic amines) is 1. The third kappa shape index (κ3) is 6.40. The molecule has 1 fully saturated rings. The molecule has 12 heteroatoms. The van der Waals surface area contributed by atoms with E-state index in [1.54, 1.807) is 0 Å². The van der Waals surface area contributed by atoms with E-state index < -0.39 is 40.0 Å². The van der Waals surface area contributed by atoms with E-state index >= 15 is 0 Å². The number of nitrogens with one attached hydrogen (secondary N) is 2. The van der Waals surface area contributed by atoms with Crippen molar-refractivity contribution in [2.24, 2.45) is 0 Å². The lowest BCUT2D eigenvalue weighted by Gasteiger charge is -2.32. The average Bonchev–Trinajstić information content (AvgIpc) is 2.56. The van der Waals surface area contributed by atoms with Crippen LogP contribution < -0.4 is 14.8 Å². The van der Waals surface area contributed by atoms with E-state index in [-0.39, 0.29) is 12.2 Å². The van der Waals surface area contributed by atoms with Crippen molar-refractivity contribution in [3.8, 4) is 5.75 Å². The Balaban J connectivity index is 2.00. The highest BCUT2D eigenvalue weighted by Crippen LogP contribution is 2.27. The van der Waals surface area contributed by atoms with Gasteiger partial charge >= 0.3 is 12.4 Å². The van der Waals surface area contributed by atoms with E-state index in [1.807, 2.05) is 0 Å². The Labute approximate surface area is 153 Å². The lowest BCUT2D eigenvalue weighted by Crippen LogP contribution is -2.50. The van der Waals surface area contributed by atoms with Gasteiger partial charge in [-0.25, -0.2) is 22.3 Å². The number of urea groups is 1. The molecule has 0 bridgehead atoms. The van der Waals surface area contributed by atoms with Gasteiger partial charge in [0.05, 0.1) is 0 Å². The number of benzene rings is 1. The number of nitrogens with zero attached hydrogens (tertiary/aromatic N) is 1. The standard InChI is InChI=1S/C15H17F4N3O4S/c1-2-27(24,25)21-11-4-3-7-22(9-11)14(23)20-10-5-6-13(12(16)8-10)26-15(17,18)19/h2,5-6,8,11,21H,1,3-4,7,9H2,(H,20,23). The van der Waals surface area contributed by atoms with Crippen molar-refractivity contribution < 1.29 is 35.5 Å². The summed E-state index contributed by atoms with van der Waals surface area (Å²) in [6.45, 7) is 3.61. The highest BCUT2D eigenvalue weighted by molar-refractivity contribution is 7.92. The van der Waals surface area contributed by atoms with Gasteiger partial charge in [-0.2, -0.15) is 0 Å². The molecule has 1 saturated heterocycles. The maximum Gasteiger partial charge on any atom is 0.573 e. The van der Waals surface area contributed by atoms with Gasteiger partial charge in [-0.1, -0.05) is 6.58 Å². The van der Waals surface area contributed by atoms with Gasteiger partial charge in [0.15, 0.2) is 11.6 Å². The number of anilines is 1. The molecule has 1 aliphatic rings. The number of halogens is 4. The van der Waals surface area contributed by atoms with Crippen LogP contribution in [0.15, 0.2) is 30.2 Å². The molecule has 27 heavy (non-hydrogen) atoms. The number of hydrogen-bond acceptors (Lipinski definition) is 4. The SMILES string of the molecule is C=CS(=O)(=O)NC1CCCN(C(=O)Nc2ccc(OC(F)(F)F)c(F)c2)C1. The van der Waals surface area contributed by atoms with Gasteiger partial charge < -0.3 is 15.0 Å². The van der Waals surface area contributed by atoms with Crippen LogP contribution >= 0.6 is 0 Å². The molecule has 2 rings (SSSR count). The van der Waals surface area contributed by atoms with Crippen molar-refractivity contribution in [2.75, 3.05) is 18.4 Å². The summed E-state index contributed by atoms with van der Waals surface area (Å²) in [4.78, 5) is 13.6. The highest BCUT2D eigenvalue weighted by Gasteiger charge is 2.32. The average molecular weight is 411 g/mol. The van der Waals surface area contributed by atoms with Crippen molar-refractivity contribution in [1.82, 2.24) is 9.62 Å². The van der Waals surface area contributed by atoms with E-state index in [0.29, 0.717) is 25.5 Å². The first kappa shape index (κ1) is 21.0. The largest absolute Gasteiger partial charge is 0.573 e. The molecule has 7 nitrogen and oxygen atoms in total. The van der Waals surface area contributed by atoms with Crippen LogP contribution in [0.3, 0.4) is 0 Å². The fourth-order valence-corrected chi connectivity index (χ4v) is 3.28. The van der Waals surface area contributed by atoms with Crippen LogP contribution in [0.5, 0.6) is 5.75 Å². The molecule has 1 aromatic rings. The summed E-state index contributed by atoms with van der Waals surface area (Å²) in [6, 6.07) is 1.36. The number of rotatable bonds is 5. The Morgan fingerprint density at radius 1 is 1.37 bits per heavy atom. The number of sulfonamides is 1. The molecule has 2 amide bonds. The molecule has 1 atom stereocenters. The van der Waals surface area contributed by atoms with Crippen LogP contribution in [0.4, 0.5) is 28.0 Å². The molecular formula is C15H17F4N3O4S. The number of carbonyl (C=O) groups excluding carboxylic acids is 1. The second-order valence-corrected chi connectivity index (χ2v) is 7.40. The van der Waals surface area contributed by atoms with E-state index in [1.165, 1.54) is 4.90 Å². The zero-order valence-corrected chi connectivity index (χ0v) is 14.7. The van der Waals surface area contributed by atoms with Gasteiger partial charge in [0.2, 0.25) is 10.0 Å². The number of carbonyl (C=O) groups is 1. The van der Waals surface area contributed by atoms with Crippen molar-refractivity contribution in [2.45, 2.75) is 25.2 Å². The zero-order chi connectivity index (χ0) is 20.2. The van der Waals surface area contributed by atoms with Crippen molar-refractivity contribution in [3.63, 3.8) is 0 Å². The molecule has 0 saturated carbocycles. The molecule has 0 radical (unpaired) electrons. The summed E-state index contributed by atoms with van der Waals surface area (Å²) < 4.78 is 79.0. The van der Waals surface area contributed by atoms with Crippen molar-refractivity contribution in [3.05, 3.63) is 36.0 Å². The second-order valence-electron chi connectivity index (χ2n) is 5.74. The molecule has 1 aliphatic heterocycles. The van der Waals surface area contributed by atoms with Crippen LogP contribution in [0.2, 0.25) is 0 Å². The van der Waals surface area contributed by atoms with Crippen molar-refractivity contribution >= 4 is 21.7 Å². The summed E-state index contributed by atoms with van der Waals surface area (Å²) >= 11 is 0. The number of hydrogen-bond donors (Lipinski definition) is 2. The molecule has 2 N–H and O–H groups in total. The number of amides is 2. The highest BCUT2D eigenvalue weighted by atomic mass is 32.2. The molecule has 0 spiro atoms. The Kier molecular flexibility index (Phi) is 6.31. The van der Waals surface area contributed by atoms with Crippen LogP contribution in [-0.2, 0) is 10.0 Å². The minimum Gasteiger partial charge on any atom is -0.403 e. The Morgan fingerprint density at radius 3 is 2.67 bits per heavy atom. The molecule has 1 aromatic carbocycles. The van der Waals surface area contributed by atoms with Gasteiger partial charge in [0.25, 0.3) is 0 Å². The third-order valence-electron chi connectivity index (χ3n) is 3.67. The maximum atomic E-state index is 13.7. The van der Waals surface area contributed by atoms with Crippen LogP contribution in [0.25, 0.3) is 0 Å². The van der Waals surface area contributed by atoms with E-state index in [2.05, 4.69) is 21.4 Å². The third-order valence-corrected chi connectivity index (χ3v) is 4.77. The minimum absolute atomic E-state index is 0.0687. The fraction of sp³-hybridized carbons (Fsp3) is 0.400. The summed E-state index contributed by atoms with van der Waals surface area (Å²) in [6.07, 6.45) is -3.98. The Morgan fingerprint density at radius 2 is 2.07 bits per heavy atom. The quantitative estimate of drug-likeness (QED) is 0.730. The summed E-state index contributed by atoms with van der Waals surface area (Å²) in [7, 11) is -3.65. The van der Waals surface area contributed by atoms with Crippen LogP contribution in [0.1, 0.15) is 12.8 Å². The fourth-order valence-electron chi connectivity index (χ4n) is 2.53.